The first-order valence-electron chi connectivity index (χ1n) is 9.30. The van der Waals surface area contributed by atoms with Crippen molar-refractivity contribution in [3.63, 3.8) is 0 Å². The van der Waals surface area contributed by atoms with Gasteiger partial charge in [-0.05, 0) is 61.4 Å². The lowest BCUT2D eigenvalue weighted by Crippen LogP contribution is -2.11. The molecule has 0 radical (unpaired) electrons. The van der Waals surface area contributed by atoms with Crippen molar-refractivity contribution in [2.24, 2.45) is 5.92 Å². The van der Waals surface area contributed by atoms with Gasteiger partial charge >= 0.3 is 0 Å². The van der Waals surface area contributed by atoms with Crippen molar-refractivity contribution in [2.45, 2.75) is 30.7 Å². The van der Waals surface area contributed by atoms with Crippen molar-refractivity contribution in [3.05, 3.63) is 54.3 Å². The van der Waals surface area contributed by atoms with Crippen LogP contribution in [-0.2, 0) is 9.84 Å². The van der Waals surface area contributed by atoms with E-state index in [9.17, 15) is 12.8 Å². The average Bonchev–Trinajstić information content (AvgIpc) is 3.13. The Morgan fingerprint density at radius 3 is 2.34 bits per heavy atom. The van der Waals surface area contributed by atoms with Gasteiger partial charge in [-0.1, -0.05) is 13.8 Å². The predicted octanol–water partition coefficient (Wildman–Crippen LogP) is 4.78. The Hall–Kier alpha value is -2.87. The monoisotopic (exact) mass is 418 g/mol. The summed E-state index contributed by atoms with van der Waals surface area (Å²) in [6, 6.07) is 11.6. The highest BCUT2D eigenvalue weighted by Gasteiger charge is 2.28. The summed E-state index contributed by atoms with van der Waals surface area (Å²) in [4.78, 5) is 4.20. The molecule has 1 aromatic heterocycles. The number of halogens is 1. The number of rotatable bonds is 8. The molecule has 3 aromatic rings. The van der Waals surface area contributed by atoms with E-state index >= 15 is 0 Å². The van der Waals surface area contributed by atoms with Crippen molar-refractivity contribution < 1.29 is 22.0 Å². The Labute approximate surface area is 169 Å². The number of hydrogen-bond donors (Lipinski definition) is 1. The van der Waals surface area contributed by atoms with Gasteiger partial charge in [-0.3, -0.25) is 0 Å². The van der Waals surface area contributed by atoms with Crippen LogP contribution in [0.2, 0.25) is 0 Å². The van der Waals surface area contributed by atoms with Gasteiger partial charge in [0.2, 0.25) is 26.6 Å². The lowest BCUT2D eigenvalue weighted by molar-refractivity contribution is 0.340. The first-order chi connectivity index (χ1) is 13.8. The summed E-state index contributed by atoms with van der Waals surface area (Å²) in [5.41, 5.74) is 0.613. The first kappa shape index (κ1) is 20.9. The molecule has 8 heteroatoms. The number of ether oxygens (including phenoxy) is 1. The van der Waals surface area contributed by atoms with Gasteiger partial charge in [-0.25, -0.2) is 12.8 Å². The minimum atomic E-state index is -4.00. The Bertz CT molecular complexity index is 1060. The fourth-order valence-electron chi connectivity index (χ4n) is 2.61. The van der Waals surface area contributed by atoms with Gasteiger partial charge in [0, 0.05) is 12.1 Å². The summed E-state index contributed by atoms with van der Waals surface area (Å²) in [5.74, 6) is 0.666. The summed E-state index contributed by atoms with van der Waals surface area (Å²) in [6.45, 7) is 6.92. The van der Waals surface area contributed by atoms with Crippen molar-refractivity contribution in [1.29, 1.82) is 0 Å². The SMILES string of the molecule is CCOc1ccc(-c2nc(S(=O)(=O)c3ccc(F)cc3)c(NCC(C)C)o2)cc1. The summed E-state index contributed by atoms with van der Waals surface area (Å²) < 4.78 is 50.6. The molecule has 0 aliphatic rings. The molecule has 0 unspecified atom stereocenters. The summed E-state index contributed by atoms with van der Waals surface area (Å²) in [6.07, 6.45) is 0. The Morgan fingerprint density at radius 2 is 1.76 bits per heavy atom. The standard InChI is InChI=1S/C21H23FN2O4S/c1-4-27-17-9-5-15(6-10-17)19-24-21(20(28-19)23-13-14(2)3)29(25,26)18-11-7-16(22)8-12-18/h5-12,14,23H,4,13H2,1-3H3. The van der Waals surface area contributed by atoms with Crippen LogP contribution in [0.4, 0.5) is 10.3 Å². The molecule has 2 aromatic carbocycles. The van der Waals surface area contributed by atoms with E-state index in [1.54, 1.807) is 24.3 Å². The normalized spacial score (nSPS) is 11.6. The molecule has 0 aliphatic heterocycles. The number of nitrogens with one attached hydrogen (secondary N) is 1. The zero-order chi connectivity index (χ0) is 21.0. The number of hydrogen-bond acceptors (Lipinski definition) is 6. The molecule has 0 spiro atoms. The largest absolute Gasteiger partial charge is 0.494 e. The molecule has 1 N–H and O–H groups in total. The van der Waals surface area contributed by atoms with Crippen LogP contribution in [0.25, 0.3) is 11.5 Å². The highest BCUT2D eigenvalue weighted by molar-refractivity contribution is 7.91. The molecule has 29 heavy (non-hydrogen) atoms. The van der Waals surface area contributed by atoms with Crippen LogP contribution in [-0.4, -0.2) is 26.6 Å². The number of benzene rings is 2. The van der Waals surface area contributed by atoms with Crippen molar-refractivity contribution in [2.75, 3.05) is 18.5 Å². The van der Waals surface area contributed by atoms with Crippen LogP contribution in [0, 0.1) is 11.7 Å². The van der Waals surface area contributed by atoms with E-state index < -0.39 is 15.7 Å². The van der Waals surface area contributed by atoms with Crippen molar-refractivity contribution in [1.82, 2.24) is 4.98 Å². The van der Waals surface area contributed by atoms with Gasteiger partial charge in [0.1, 0.15) is 11.6 Å². The van der Waals surface area contributed by atoms with E-state index in [-0.39, 0.29) is 27.6 Å². The lowest BCUT2D eigenvalue weighted by atomic mass is 10.2. The topological polar surface area (TPSA) is 81.4 Å². The number of sulfone groups is 1. The minimum absolute atomic E-state index is 0.0574. The maximum Gasteiger partial charge on any atom is 0.233 e. The second-order valence-corrected chi connectivity index (χ2v) is 8.71. The Balaban J connectivity index is 2.03. The molecule has 0 amide bonds. The van der Waals surface area contributed by atoms with Crippen LogP contribution in [0.1, 0.15) is 20.8 Å². The van der Waals surface area contributed by atoms with E-state index in [1.807, 2.05) is 20.8 Å². The number of anilines is 1. The van der Waals surface area contributed by atoms with Gasteiger partial charge in [0.25, 0.3) is 0 Å². The van der Waals surface area contributed by atoms with Crippen molar-refractivity contribution >= 4 is 15.7 Å². The molecule has 0 atom stereocenters. The minimum Gasteiger partial charge on any atom is -0.494 e. The third kappa shape index (κ3) is 4.76. The molecule has 1 heterocycles. The summed E-state index contributed by atoms with van der Waals surface area (Å²) >= 11 is 0. The third-order valence-electron chi connectivity index (χ3n) is 4.06. The third-order valence-corrected chi connectivity index (χ3v) is 5.74. The zero-order valence-corrected chi connectivity index (χ0v) is 17.3. The smallest absolute Gasteiger partial charge is 0.233 e. The van der Waals surface area contributed by atoms with E-state index in [2.05, 4.69) is 10.3 Å². The molecule has 0 aliphatic carbocycles. The van der Waals surface area contributed by atoms with Crippen LogP contribution < -0.4 is 10.1 Å². The average molecular weight is 418 g/mol. The van der Waals surface area contributed by atoms with Crippen molar-refractivity contribution in [3.8, 4) is 17.2 Å². The first-order valence-corrected chi connectivity index (χ1v) is 10.8. The van der Waals surface area contributed by atoms with Crippen LogP contribution >= 0.6 is 0 Å². The predicted molar refractivity (Wildman–Crippen MR) is 108 cm³/mol. The maximum absolute atomic E-state index is 13.2. The van der Waals surface area contributed by atoms with Gasteiger partial charge in [-0.15, -0.1) is 0 Å². The van der Waals surface area contributed by atoms with E-state index in [0.29, 0.717) is 24.5 Å². The molecule has 3 rings (SSSR count). The van der Waals surface area contributed by atoms with E-state index in [1.165, 1.54) is 12.1 Å². The molecule has 0 saturated carbocycles. The van der Waals surface area contributed by atoms with E-state index in [0.717, 1.165) is 12.1 Å². The number of aromatic nitrogens is 1. The van der Waals surface area contributed by atoms with Crippen LogP contribution in [0.15, 0.2) is 62.9 Å². The van der Waals surface area contributed by atoms with Gasteiger partial charge in [0.15, 0.2) is 0 Å². The fraction of sp³-hybridized carbons (Fsp3) is 0.286. The molecule has 0 bridgehead atoms. The maximum atomic E-state index is 13.2. The zero-order valence-electron chi connectivity index (χ0n) is 16.5. The lowest BCUT2D eigenvalue weighted by Gasteiger charge is -2.08. The number of oxazole rings is 1. The molecule has 6 nitrogen and oxygen atoms in total. The van der Waals surface area contributed by atoms with E-state index in [4.69, 9.17) is 9.15 Å². The van der Waals surface area contributed by atoms with Gasteiger partial charge in [-0.2, -0.15) is 4.98 Å². The van der Waals surface area contributed by atoms with Gasteiger partial charge < -0.3 is 14.5 Å². The number of nitrogens with zero attached hydrogens (tertiary/aromatic N) is 1. The Morgan fingerprint density at radius 1 is 1.10 bits per heavy atom. The second-order valence-electron chi connectivity index (χ2n) is 6.84. The highest BCUT2D eigenvalue weighted by Crippen LogP contribution is 2.33. The summed E-state index contributed by atoms with van der Waals surface area (Å²) in [5, 5.41) is 2.79. The van der Waals surface area contributed by atoms with Crippen LogP contribution in [0.5, 0.6) is 5.75 Å². The fourth-order valence-corrected chi connectivity index (χ4v) is 3.88. The molecular formula is C21H23FN2O4S. The van der Waals surface area contributed by atoms with Crippen LogP contribution in [0.3, 0.4) is 0 Å². The second kappa shape index (κ2) is 8.65. The molecular weight excluding hydrogens is 395 g/mol. The van der Waals surface area contributed by atoms with Gasteiger partial charge in [0.05, 0.1) is 11.5 Å². The highest BCUT2D eigenvalue weighted by atomic mass is 32.2. The Kier molecular flexibility index (Phi) is 6.22. The summed E-state index contributed by atoms with van der Waals surface area (Å²) in [7, 11) is -4.00. The molecule has 154 valence electrons. The molecule has 0 saturated heterocycles. The molecule has 0 fully saturated rings. The quantitative estimate of drug-likeness (QED) is 0.530.